The number of aryl methyl sites for hydroxylation is 1. The molecule has 0 bridgehead atoms. The van der Waals surface area contributed by atoms with Crippen LogP contribution in [0.2, 0.25) is 0 Å². The molecule has 1 heterocycles. The molecule has 0 aliphatic carbocycles. The molecule has 0 atom stereocenters. The van der Waals surface area contributed by atoms with E-state index in [1.165, 1.54) is 0 Å². The third-order valence-electron chi connectivity index (χ3n) is 5.19. The zero-order valence-electron chi connectivity index (χ0n) is 18.1. The molecule has 0 saturated heterocycles. The summed E-state index contributed by atoms with van der Waals surface area (Å²) in [6, 6.07) is 10.4. The molecule has 30 heavy (non-hydrogen) atoms. The van der Waals surface area contributed by atoms with Gasteiger partial charge < -0.3 is 9.64 Å². The molecule has 2 aromatic carbocycles. The number of benzene rings is 2. The van der Waals surface area contributed by atoms with Gasteiger partial charge >= 0.3 is 0 Å². The Morgan fingerprint density at radius 3 is 2.60 bits per heavy atom. The Kier molecular flexibility index (Phi) is 6.71. The molecule has 6 nitrogen and oxygen atoms in total. The van der Waals surface area contributed by atoms with Gasteiger partial charge in [0.05, 0.1) is 11.5 Å². The molecule has 1 aliphatic rings. The number of hydrogen-bond acceptors (Lipinski definition) is 4. The van der Waals surface area contributed by atoms with Gasteiger partial charge in [0, 0.05) is 24.7 Å². The molecule has 0 radical (unpaired) electrons. The van der Waals surface area contributed by atoms with Crippen LogP contribution in [0.25, 0.3) is 0 Å². The molecule has 0 fully saturated rings. The maximum absolute atomic E-state index is 12.9. The van der Waals surface area contributed by atoms with Gasteiger partial charge in [0.15, 0.2) is 0 Å². The van der Waals surface area contributed by atoms with Crippen molar-refractivity contribution in [1.82, 2.24) is 4.90 Å². The summed E-state index contributed by atoms with van der Waals surface area (Å²) in [7, 11) is -3.73. The molecular formula is C23H30N2O4S. The van der Waals surface area contributed by atoms with Crippen molar-refractivity contribution in [3.05, 3.63) is 53.1 Å². The average molecular weight is 431 g/mol. The Morgan fingerprint density at radius 1 is 1.17 bits per heavy atom. The lowest BCUT2D eigenvalue weighted by molar-refractivity contribution is -0.135. The van der Waals surface area contributed by atoms with E-state index in [2.05, 4.69) is 4.72 Å². The van der Waals surface area contributed by atoms with E-state index in [0.717, 1.165) is 29.5 Å². The van der Waals surface area contributed by atoms with E-state index in [-0.39, 0.29) is 16.7 Å². The number of hydrogen-bond donors (Lipinski definition) is 1. The number of nitrogens with zero attached hydrogens (tertiary/aromatic N) is 1. The summed E-state index contributed by atoms with van der Waals surface area (Å²) in [6.07, 6.45) is 1.67. The van der Waals surface area contributed by atoms with Crippen molar-refractivity contribution < 1.29 is 17.9 Å². The van der Waals surface area contributed by atoms with Crippen LogP contribution in [0.3, 0.4) is 0 Å². The first-order valence-electron chi connectivity index (χ1n) is 10.4. The number of carbonyl (C=O) groups excluding carboxylic acids is 1. The van der Waals surface area contributed by atoms with Crippen LogP contribution in [-0.2, 0) is 27.8 Å². The minimum absolute atomic E-state index is 0.0549. The summed E-state index contributed by atoms with van der Waals surface area (Å²) >= 11 is 0. The number of ether oxygens (including phenoxy) is 1. The van der Waals surface area contributed by atoms with Crippen LogP contribution in [-0.4, -0.2) is 32.4 Å². The molecule has 2 aromatic rings. The second-order valence-corrected chi connectivity index (χ2v) is 9.71. The van der Waals surface area contributed by atoms with Crippen LogP contribution in [0.1, 0.15) is 43.9 Å². The van der Waals surface area contributed by atoms with Gasteiger partial charge in [0.25, 0.3) is 10.0 Å². The predicted octanol–water partition coefficient (Wildman–Crippen LogP) is 4.13. The maximum Gasteiger partial charge on any atom is 0.261 e. The Balaban J connectivity index is 1.79. The zero-order chi connectivity index (χ0) is 21.9. The van der Waals surface area contributed by atoms with Crippen LogP contribution in [0.4, 0.5) is 5.69 Å². The highest BCUT2D eigenvalue weighted by Gasteiger charge is 2.23. The number of nitrogens with one attached hydrogen (secondary N) is 1. The van der Waals surface area contributed by atoms with Crippen molar-refractivity contribution in [2.45, 2.75) is 52.0 Å². The van der Waals surface area contributed by atoms with Gasteiger partial charge in [0.1, 0.15) is 5.75 Å². The first-order valence-corrected chi connectivity index (χ1v) is 11.9. The quantitative estimate of drug-likeness (QED) is 0.717. The highest BCUT2D eigenvalue weighted by molar-refractivity contribution is 7.92. The van der Waals surface area contributed by atoms with Gasteiger partial charge in [-0.1, -0.05) is 26.8 Å². The lowest BCUT2D eigenvalue weighted by Crippen LogP contribution is -2.38. The Hall–Kier alpha value is -2.54. The highest BCUT2D eigenvalue weighted by Crippen LogP contribution is 2.27. The van der Waals surface area contributed by atoms with E-state index in [1.807, 2.05) is 44.7 Å². The number of carbonyl (C=O) groups is 1. The Morgan fingerprint density at radius 2 is 1.93 bits per heavy atom. The van der Waals surface area contributed by atoms with Crippen molar-refractivity contribution in [3.63, 3.8) is 0 Å². The van der Waals surface area contributed by atoms with Gasteiger partial charge in [-0.3, -0.25) is 9.52 Å². The van der Waals surface area contributed by atoms with E-state index in [9.17, 15) is 13.2 Å². The van der Waals surface area contributed by atoms with E-state index in [4.69, 9.17) is 4.74 Å². The van der Waals surface area contributed by atoms with Crippen LogP contribution in [0.5, 0.6) is 5.75 Å². The van der Waals surface area contributed by atoms with Crippen molar-refractivity contribution >= 4 is 21.6 Å². The SMILES string of the molecule is CCCOc1ccc(S(=O)(=O)Nc2ccc3c(c2)CN(C(=O)C(C)C)CC3)cc1C. The summed E-state index contributed by atoms with van der Waals surface area (Å²) in [5.74, 6) is 0.757. The molecule has 0 spiro atoms. The third-order valence-corrected chi connectivity index (χ3v) is 6.57. The molecule has 162 valence electrons. The van der Waals surface area contributed by atoms with Gasteiger partial charge in [-0.15, -0.1) is 0 Å². The van der Waals surface area contributed by atoms with E-state index in [1.54, 1.807) is 24.3 Å². The van der Waals surface area contributed by atoms with Crippen LogP contribution >= 0.6 is 0 Å². The van der Waals surface area contributed by atoms with Crippen LogP contribution in [0, 0.1) is 12.8 Å². The fourth-order valence-corrected chi connectivity index (χ4v) is 4.69. The fraction of sp³-hybridized carbons (Fsp3) is 0.435. The second-order valence-electron chi connectivity index (χ2n) is 8.03. The van der Waals surface area contributed by atoms with Crippen LogP contribution < -0.4 is 9.46 Å². The molecule has 3 rings (SSSR count). The lowest BCUT2D eigenvalue weighted by atomic mass is 9.98. The molecule has 7 heteroatoms. The molecule has 0 saturated carbocycles. The minimum atomic E-state index is -3.73. The number of fused-ring (bicyclic) bond motifs is 1. The van der Waals surface area contributed by atoms with Crippen molar-refractivity contribution in [2.75, 3.05) is 17.9 Å². The zero-order valence-corrected chi connectivity index (χ0v) is 18.9. The average Bonchev–Trinajstić information content (AvgIpc) is 2.71. The standard InChI is InChI=1S/C23H30N2O4S/c1-5-12-29-22-9-8-21(13-17(22)4)30(27,28)24-20-7-6-18-10-11-25(15-19(18)14-20)23(26)16(2)3/h6-9,13-14,16,24H,5,10-12,15H2,1-4H3. The smallest absolute Gasteiger partial charge is 0.261 e. The second kappa shape index (κ2) is 9.08. The van der Waals surface area contributed by atoms with E-state index in [0.29, 0.717) is 31.1 Å². The fourth-order valence-electron chi connectivity index (χ4n) is 3.55. The summed E-state index contributed by atoms with van der Waals surface area (Å²) in [5.41, 5.74) is 3.41. The molecule has 1 N–H and O–H groups in total. The van der Waals surface area contributed by atoms with Crippen molar-refractivity contribution in [3.8, 4) is 5.75 Å². The van der Waals surface area contributed by atoms with E-state index >= 15 is 0 Å². The molecule has 1 amide bonds. The summed E-state index contributed by atoms with van der Waals surface area (Å²) in [4.78, 5) is 14.4. The monoisotopic (exact) mass is 430 g/mol. The predicted molar refractivity (Wildman–Crippen MR) is 118 cm³/mol. The highest BCUT2D eigenvalue weighted by atomic mass is 32.2. The van der Waals surface area contributed by atoms with Gasteiger partial charge in [0.2, 0.25) is 5.91 Å². The normalized spacial score (nSPS) is 13.8. The molecule has 0 unspecified atom stereocenters. The lowest BCUT2D eigenvalue weighted by Gasteiger charge is -2.30. The summed E-state index contributed by atoms with van der Waals surface area (Å²) in [6.45, 7) is 9.44. The third kappa shape index (κ3) is 4.95. The van der Waals surface area contributed by atoms with E-state index < -0.39 is 10.0 Å². The maximum atomic E-state index is 12.9. The first-order chi connectivity index (χ1) is 14.2. The minimum Gasteiger partial charge on any atom is -0.493 e. The van der Waals surface area contributed by atoms with Gasteiger partial charge in [-0.2, -0.15) is 0 Å². The van der Waals surface area contributed by atoms with Crippen molar-refractivity contribution in [1.29, 1.82) is 0 Å². The largest absolute Gasteiger partial charge is 0.493 e. The number of anilines is 1. The summed E-state index contributed by atoms with van der Waals surface area (Å²) in [5, 5.41) is 0. The number of amides is 1. The molecule has 0 aromatic heterocycles. The molecular weight excluding hydrogens is 400 g/mol. The first kappa shape index (κ1) is 22.2. The Bertz CT molecular complexity index is 1030. The van der Waals surface area contributed by atoms with Gasteiger partial charge in [-0.05, 0) is 66.8 Å². The number of sulfonamides is 1. The topological polar surface area (TPSA) is 75.7 Å². The van der Waals surface area contributed by atoms with Gasteiger partial charge in [-0.25, -0.2) is 8.42 Å². The van der Waals surface area contributed by atoms with Crippen molar-refractivity contribution in [2.24, 2.45) is 5.92 Å². The Labute approximate surface area is 179 Å². The van der Waals surface area contributed by atoms with Crippen LogP contribution in [0.15, 0.2) is 41.3 Å². The summed E-state index contributed by atoms with van der Waals surface area (Å²) < 4.78 is 34.1. The number of rotatable bonds is 7. The molecule has 1 aliphatic heterocycles.